The van der Waals surface area contributed by atoms with Gasteiger partial charge in [-0.25, -0.2) is 0 Å². The van der Waals surface area contributed by atoms with E-state index < -0.39 is 10.9 Å². The molecule has 1 fully saturated rings. The number of carboxylic acids is 1. The first-order valence-corrected chi connectivity index (χ1v) is 6.86. The average Bonchev–Trinajstić information content (AvgIpc) is 2.92. The summed E-state index contributed by atoms with van der Waals surface area (Å²) in [6, 6.07) is 5.27. The van der Waals surface area contributed by atoms with Gasteiger partial charge in [0.15, 0.2) is 6.61 Å². The highest BCUT2D eigenvalue weighted by Gasteiger charge is 2.30. The molecule has 1 amide bonds. The first kappa shape index (κ1) is 15.7. The van der Waals surface area contributed by atoms with E-state index in [1.54, 1.807) is 0 Å². The second-order valence-corrected chi connectivity index (χ2v) is 5.02. The highest BCUT2D eigenvalue weighted by molar-refractivity contribution is 5.79. The summed E-state index contributed by atoms with van der Waals surface area (Å²) in [4.78, 5) is 34.5. The number of nitro groups is 1. The SMILES string of the molecule is O=C(O)CC1CCCN1C(=O)COc1cccc([N+](=O)[O-])c1. The molecule has 1 unspecified atom stereocenters. The Kier molecular flexibility index (Phi) is 4.92. The van der Waals surface area contributed by atoms with Crippen molar-refractivity contribution in [3.05, 3.63) is 34.4 Å². The molecule has 1 heterocycles. The van der Waals surface area contributed by atoms with Crippen LogP contribution < -0.4 is 4.74 Å². The van der Waals surface area contributed by atoms with Crippen LogP contribution in [0, 0.1) is 10.1 Å². The van der Waals surface area contributed by atoms with Crippen molar-refractivity contribution in [2.45, 2.75) is 25.3 Å². The van der Waals surface area contributed by atoms with Crippen molar-refractivity contribution in [2.75, 3.05) is 13.2 Å². The van der Waals surface area contributed by atoms with Crippen LogP contribution in [0.1, 0.15) is 19.3 Å². The summed E-state index contributed by atoms with van der Waals surface area (Å²) >= 11 is 0. The van der Waals surface area contributed by atoms with Crippen molar-refractivity contribution in [1.82, 2.24) is 4.90 Å². The third-order valence-electron chi connectivity index (χ3n) is 3.50. The summed E-state index contributed by atoms with van der Waals surface area (Å²) in [5.41, 5.74) is -0.116. The zero-order valence-electron chi connectivity index (χ0n) is 11.8. The Labute approximate surface area is 126 Å². The molecular formula is C14H16N2O6. The van der Waals surface area contributed by atoms with E-state index in [0.717, 1.165) is 6.42 Å². The smallest absolute Gasteiger partial charge is 0.305 e. The summed E-state index contributed by atoms with van der Waals surface area (Å²) in [7, 11) is 0. The van der Waals surface area contributed by atoms with Gasteiger partial charge in [-0.05, 0) is 18.9 Å². The van der Waals surface area contributed by atoms with Crippen LogP contribution >= 0.6 is 0 Å². The lowest BCUT2D eigenvalue weighted by Gasteiger charge is -2.23. The van der Waals surface area contributed by atoms with Crippen molar-refractivity contribution in [1.29, 1.82) is 0 Å². The van der Waals surface area contributed by atoms with Gasteiger partial charge in [-0.3, -0.25) is 19.7 Å². The Bertz CT molecular complexity index is 588. The maximum atomic E-state index is 12.1. The monoisotopic (exact) mass is 308 g/mol. The van der Waals surface area contributed by atoms with Crippen LogP contribution in [0.3, 0.4) is 0 Å². The molecule has 1 aliphatic rings. The minimum atomic E-state index is -0.940. The third kappa shape index (κ3) is 3.94. The first-order chi connectivity index (χ1) is 10.5. The summed E-state index contributed by atoms with van der Waals surface area (Å²) in [6.45, 7) is 0.242. The van der Waals surface area contributed by atoms with Gasteiger partial charge in [0.05, 0.1) is 17.4 Å². The van der Waals surface area contributed by atoms with Gasteiger partial charge in [-0.1, -0.05) is 6.07 Å². The van der Waals surface area contributed by atoms with Crippen molar-refractivity contribution < 1.29 is 24.4 Å². The van der Waals surface area contributed by atoms with Crippen molar-refractivity contribution in [2.24, 2.45) is 0 Å². The zero-order chi connectivity index (χ0) is 16.1. The number of hydrogen-bond acceptors (Lipinski definition) is 5. The number of carbonyl (C=O) groups is 2. The maximum Gasteiger partial charge on any atom is 0.305 e. The van der Waals surface area contributed by atoms with E-state index >= 15 is 0 Å². The number of carboxylic acid groups (broad SMARTS) is 1. The van der Waals surface area contributed by atoms with E-state index in [4.69, 9.17) is 9.84 Å². The number of amides is 1. The summed E-state index contributed by atoms with van der Waals surface area (Å²) in [5, 5.41) is 19.5. The second kappa shape index (κ2) is 6.88. The van der Waals surface area contributed by atoms with Gasteiger partial charge in [-0.2, -0.15) is 0 Å². The van der Waals surface area contributed by atoms with Gasteiger partial charge in [0.25, 0.3) is 11.6 Å². The molecule has 0 aliphatic carbocycles. The Balaban J connectivity index is 1.93. The molecular weight excluding hydrogens is 292 g/mol. The molecule has 0 bridgehead atoms. The molecule has 1 saturated heterocycles. The van der Waals surface area contributed by atoms with Crippen LogP contribution in [0.15, 0.2) is 24.3 Å². The minimum Gasteiger partial charge on any atom is -0.484 e. The number of hydrogen-bond donors (Lipinski definition) is 1. The van der Waals surface area contributed by atoms with Crippen molar-refractivity contribution in [3.63, 3.8) is 0 Å². The van der Waals surface area contributed by atoms with Gasteiger partial charge < -0.3 is 14.7 Å². The minimum absolute atomic E-state index is 0.0808. The van der Waals surface area contributed by atoms with Gasteiger partial charge in [0.2, 0.25) is 0 Å². The van der Waals surface area contributed by atoms with Crippen LogP contribution in [0.2, 0.25) is 0 Å². The molecule has 22 heavy (non-hydrogen) atoms. The topological polar surface area (TPSA) is 110 Å². The molecule has 2 rings (SSSR count). The molecule has 8 nitrogen and oxygen atoms in total. The Hall–Kier alpha value is -2.64. The first-order valence-electron chi connectivity index (χ1n) is 6.86. The Morgan fingerprint density at radius 3 is 2.91 bits per heavy atom. The lowest BCUT2D eigenvalue weighted by molar-refractivity contribution is -0.384. The number of nitrogens with zero attached hydrogens (tertiary/aromatic N) is 2. The van der Waals surface area contributed by atoms with Crippen molar-refractivity contribution in [3.8, 4) is 5.75 Å². The van der Waals surface area contributed by atoms with E-state index in [-0.39, 0.29) is 36.4 Å². The van der Waals surface area contributed by atoms with E-state index in [9.17, 15) is 19.7 Å². The van der Waals surface area contributed by atoms with Crippen LogP contribution in [0.4, 0.5) is 5.69 Å². The van der Waals surface area contributed by atoms with E-state index in [0.29, 0.717) is 13.0 Å². The predicted octanol–water partition coefficient (Wildman–Crippen LogP) is 1.44. The third-order valence-corrected chi connectivity index (χ3v) is 3.50. The van der Waals surface area contributed by atoms with E-state index in [1.807, 2.05) is 0 Å². The van der Waals surface area contributed by atoms with Crippen LogP contribution in [-0.4, -0.2) is 46.0 Å². The normalized spacial score (nSPS) is 17.3. The molecule has 0 aromatic heterocycles. The number of ether oxygens (including phenoxy) is 1. The molecule has 0 saturated carbocycles. The number of carbonyl (C=O) groups excluding carboxylic acids is 1. The lowest BCUT2D eigenvalue weighted by Crippen LogP contribution is -2.39. The average molecular weight is 308 g/mol. The Morgan fingerprint density at radius 1 is 1.45 bits per heavy atom. The Morgan fingerprint density at radius 2 is 2.23 bits per heavy atom. The standard InChI is InChI=1S/C14H16N2O6/c17-13(15-6-2-4-10(15)8-14(18)19)9-22-12-5-1-3-11(7-12)16(20)21/h1,3,5,7,10H,2,4,6,8-9H2,(H,18,19). The van der Waals surface area contributed by atoms with Gasteiger partial charge >= 0.3 is 5.97 Å². The largest absolute Gasteiger partial charge is 0.484 e. The summed E-state index contributed by atoms with van der Waals surface area (Å²) in [6.07, 6.45) is 1.35. The highest BCUT2D eigenvalue weighted by Crippen LogP contribution is 2.22. The molecule has 1 aromatic carbocycles. The van der Waals surface area contributed by atoms with Crippen LogP contribution in [0.25, 0.3) is 0 Å². The number of aliphatic carboxylic acids is 1. The fraction of sp³-hybridized carbons (Fsp3) is 0.429. The van der Waals surface area contributed by atoms with Gasteiger partial charge in [0, 0.05) is 18.7 Å². The van der Waals surface area contributed by atoms with Crippen LogP contribution in [-0.2, 0) is 9.59 Å². The zero-order valence-corrected chi connectivity index (χ0v) is 11.8. The highest BCUT2D eigenvalue weighted by atomic mass is 16.6. The predicted molar refractivity (Wildman–Crippen MR) is 75.6 cm³/mol. The molecule has 1 N–H and O–H groups in total. The number of benzene rings is 1. The van der Waals surface area contributed by atoms with Gasteiger partial charge in [0.1, 0.15) is 5.75 Å². The maximum absolute atomic E-state index is 12.1. The molecule has 8 heteroatoms. The number of likely N-dealkylation sites (tertiary alicyclic amines) is 1. The number of rotatable bonds is 6. The molecule has 118 valence electrons. The lowest BCUT2D eigenvalue weighted by atomic mass is 10.1. The molecule has 1 atom stereocenters. The van der Waals surface area contributed by atoms with E-state index in [2.05, 4.69) is 0 Å². The number of non-ortho nitro benzene ring substituents is 1. The fourth-order valence-corrected chi connectivity index (χ4v) is 2.49. The molecule has 0 radical (unpaired) electrons. The molecule has 1 aromatic rings. The van der Waals surface area contributed by atoms with Crippen LogP contribution in [0.5, 0.6) is 5.75 Å². The number of nitro benzene ring substituents is 1. The molecule has 0 spiro atoms. The van der Waals surface area contributed by atoms with Gasteiger partial charge in [-0.15, -0.1) is 0 Å². The fourth-order valence-electron chi connectivity index (χ4n) is 2.49. The second-order valence-electron chi connectivity index (χ2n) is 5.02. The van der Waals surface area contributed by atoms with Crippen molar-refractivity contribution >= 4 is 17.6 Å². The molecule has 1 aliphatic heterocycles. The summed E-state index contributed by atoms with van der Waals surface area (Å²) < 4.78 is 5.28. The summed E-state index contributed by atoms with van der Waals surface area (Å²) in [5.74, 6) is -1.02. The quantitative estimate of drug-likeness (QED) is 0.629. The van der Waals surface area contributed by atoms with E-state index in [1.165, 1.54) is 29.2 Å².